The van der Waals surface area contributed by atoms with Gasteiger partial charge in [0.2, 0.25) is 0 Å². The zero-order chi connectivity index (χ0) is 16.7. The number of allylic oxidation sites excluding steroid dienone is 1. The molecule has 2 aromatic carbocycles. The topological polar surface area (TPSA) is 32.3 Å². The lowest BCUT2D eigenvalue weighted by Gasteiger charge is -2.23. The highest BCUT2D eigenvalue weighted by Crippen LogP contribution is 2.17. The first kappa shape index (κ1) is 16.8. The van der Waals surface area contributed by atoms with Crippen LogP contribution < -0.4 is 10.2 Å². The maximum atomic E-state index is 12.6. The van der Waals surface area contributed by atoms with Crippen molar-refractivity contribution in [2.75, 3.05) is 4.90 Å². The molecule has 0 saturated heterocycles. The van der Waals surface area contributed by atoms with E-state index in [1.165, 1.54) is 0 Å². The molecule has 120 valence electrons. The summed E-state index contributed by atoms with van der Waals surface area (Å²) in [6.07, 6.45) is 1.80. The Hall–Kier alpha value is -2.55. The summed E-state index contributed by atoms with van der Waals surface area (Å²) in [5.41, 5.74) is 3.12. The van der Waals surface area contributed by atoms with Gasteiger partial charge in [0.1, 0.15) is 0 Å². The fraction of sp³-hybridized carbons (Fsp3) is 0.250. The fourth-order valence-electron chi connectivity index (χ4n) is 2.07. The van der Waals surface area contributed by atoms with E-state index in [4.69, 9.17) is 0 Å². The minimum Gasteiger partial charge on any atom is -0.314 e. The molecular formula is C20H24N2O. The first-order valence-corrected chi connectivity index (χ1v) is 7.91. The molecule has 0 unspecified atom stereocenters. The van der Waals surface area contributed by atoms with Gasteiger partial charge in [0.25, 0.3) is 0 Å². The van der Waals surface area contributed by atoms with Crippen molar-refractivity contribution in [3.8, 4) is 0 Å². The van der Waals surface area contributed by atoms with E-state index in [1.54, 1.807) is 11.1 Å². The molecule has 23 heavy (non-hydrogen) atoms. The van der Waals surface area contributed by atoms with Gasteiger partial charge in [-0.05, 0) is 30.5 Å². The number of urea groups is 1. The Morgan fingerprint density at radius 2 is 1.61 bits per heavy atom. The highest BCUT2D eigenvalue weighted by Gasteiger charge is 2.15. The van der Waals surface area contributed by atoms with E-state index in [1.807, 2.05) is 67.6 Å². The normalized spacial score (nSPS) is 11.4. The molecule has 2 amide bonds. The van der Waals surface area contributed by atoms with Crippen LogP contribution >= 0.6 is 0 Å². The van der Waals surface area contributed by atoms with Gasteiger partial charge < -0.3 is 5.32 Å². The van der Waals surface area contributed by atoms with Crippen LogP contribution in [0, 0.1) is 5.92 Å². The Bertz CT molecular complexity index is 648. The third-order valence-electron chi connectivity index (χ3n) is 3.83. The van der Waals surface area contributed by atoms with E-state index in [-0.39, 0.29) is 6.03 Å². The summed E-state index contributed by atoms with van der Waals surface area (Å²) in [4.78, 5) is 14.4. The summed E-state index contributed by atoms with van der Waals surface area (Å²) in [5.74, 6) is 0.412. The standard InChI is InChI=1S/C20H24N2O/c1-16(2)17(3)14-21-20(23)22(19-12-8-5-9-13-19)15-18-10-6-4-7-11-18/h4-14,16H,15H2,1-3H3,(H,21,23)/b17-14+. The lowest BCUT2D eigenvalue weighted by molar-refractivity contribution is 0.249. The van der Waals surface area contributed by atoms with Gasteiger partial charge >= 0.3 is 6.03 Å². The lowest BCUT2D eigenvalue weighted by Crippen LogP contribution is -2.37. The minimum absolute atomic E-state index is 0.125. The molecule has 0 radical (unpaired) electrons. The third-order valence-corrected chi connectivity index (χ3v) is 3.83. The number of amides is 2. The van der Waals surface area contributed by atoms with Crippen molar-refractivity contribution in [1.29, 1.82) is 0 Å². The summed E-state index contributed by atoms with van der Waals surface area (Å²) in [7, 11) is 0. The number of carbonyl (C=O) groups is 1. The molecule has 2 rings (SSSR count). The number of hydrogen-bond acceptors (Lipinski definition) is 1. The molecule has 0 saturated carbocycles. The summed E-state index contributed by atoms with van der Waals surface area (Å²) in [6, 6.07) is 19.6. The molecule has 1 N–H and O–H groups in total. The van der Waals surface area contributed by atoms with Gasteiger partial charge in [-0.1, -0.05) is 68.0 Å². The van der Waals surface area contributed by atoms with Gasteiger partial charge in [0.05, 0.1) is 6.54 Å². The molecule has 0 aliphatic carbocycles. The summed E-state index contributed by atoms with van der Waals surface area (Å²) in [5, 5.41) is 2.91. The van der Waals surface area contributed by atoms with Gasteiger partial charge in [-0.2, -0.15) is 0 Å². The van der Waals surface area contributed by atoms with E-state index in [0.29, 0.717) is 12.5 Å². The first-order chi connectivity index (χ1) is 11.1. The van der Waals surface area contributed by atoms with E-state index < -0.39 is 0 Å². The van der Waals surface area contributed by atoms with Crippen LogP contribution in [-0.2, 0) is 6.54 Å². The average molecular weight is 308 g/mol. The molecule has 0 bridgehead atoms. The lowest BCUT2D eigenvalue weighted by atomic mass is 10.1. The SMILES string of the molecule is C/C(=C\NC(=O)N(Cc1ccccc1)c1ccccc1)C(C)C. The molecule has 2 aromatic rings. The molecule has 0 heterocycles. The van der Waals surface area contributed by atoms with Crippen molar-refractivity contribution < 1.29 is 4.79 Å². The fourth-order valence-corrected chi connectivity index (χ4v) is 2.07. The van der Waals surface area contributed by atoms with Gasteiger partial charge in [-0.25, -0.2) is 4.79 Å². The smallest absolute Gasteiger partial charge is 0.314 e. The molecule has 0 spiro atoms. The molecular weight excluding hydrogens is 284 g/mol. The second-order valence-corrected chi connectivity index (χ2v) is 5.90. The zero-order valence-electron chi connectivity index (χ0n) is 14.0. The summed E-state index contributed by atoms with van der Waals surface area (Å²) < 4.78 is 0. The molecule has 0 aliphatic heterocycles. The predicted molar refractivity (Wildman–Crippen MR) is 96.2 cm³/mol. The van der Waals surface area contributed by atoms with Crippen LogP contribution in [0.4, 0.5) is 10.5 Å². The molecule has 3 nitrogen and oxygen atoms in total. The Morgan fingerprint density at radius 1 is 1.04 bits per heavy atom. The van der Waals surface area contributed by atoms with Crippen LogP contribution in [0.15, 0.2) is 72.4 Å². The molecule has 0 aromatic heterocycles. The average Bonchev–Trinajstić information content (AvgIpc) is 2.58. The summed E-state index contributed by atoms with van der Waals surface area (Å²) >= 11 is 0. The van der Waals surface area contributed by atoms with Crippen LogP contribution in [0.1, 0.15) is 26.3 Å². The van der Waals surface area contributed by atoms with Crippen molar-refractivity contribution in [3.63, 3.8) is 0 Å². The molecule has 3 heteroatoms. The highest BCUT2D eigenvalue weighted by atomic mass is 16.2. The number of nitrogens with one attached hydrogen (secondary N) is 1. The van der Waals surface area contributed by atoms with Crippen LogP contribution in [0.2, 0.25) is 0 Å². The van der Waals surface area contributed by atoms with Crippen LogP contribution in [0.5, 0.6) is 0 Å². The van der Waals surface area contributed by atoms with E-state index in [9.17, 15) is 4.79 Å². The van der Waals surface area contributed by atoms with Gasteiger partial charge in [-0.15, -0.1) is 0 Å². The van der Waals surface area contributed by atoms with E-state index in [0.717, 1.165) is 16.8 Å². The Balaban J connectivity index is 2.20. The van der Waals surface area contributed by atoms with Crippen LogP contribution in [-0.4, -0.2) is 6.03 Å². The number of carbonyl (C=O) groups excluding carboxylic acids is 1. The largest absolute Gasteiger partial charge is 0.326 e. The monoisotopic (exact) mass is 308 g/mol. The Kier molecular flexibility index (Phi) is 5.98. The second-order valence-electron chi connectivity index (χ2n) is 5.90. The number of para-hydroxylation sites is 1. The van der Waals surface area contributed by atoms with Crippen molar-refractivity contribution >= 4 is 11.7 Å². The maximum Gasteiger partial charge on any atom is 0.326 e. The number of hydrogen-bond donors (Lipinski definition) is 1. The van der Waals surface area contributed by atoms with Gasteiger partial charge in [0, 0.05) is 11.9 Å². The van der Waals surface area contributed by atoms with Crippen LogP contribution in [0.3, 0.4) is 0 Å². The number of anilines is 1. The van der Waals surface area contributed by atoms with Crippen molar-refractivity contribution in [3.05, 3.63) is 78.0 Å². The minimum atomic E-state index is -0.125. The number of nitrogens with zero attached hydrogens (tertiary/aromatic N) is 1. The Morgan fingerprint density at radius 3 is 2.17 bits per heavy atom. The predicted octanol–water partition coefficient (Wildman–Crippen LogP) is 4.96. The molecule has 0 fully saturated rings. The maximum absolute atomic E-state index is 12.6. The highest BCUT2D eigenvalue weighted by molar-refractivity contribution is 5.92. The zero-order valence-corrected chi connectivity index (χ0v) is 14.0. The first-order valence-electron chi connectivity index (χ1n) is 7.91. The third kappa shape index (κ3) is 4.99. The molecule has 0 aliphatic rings. The number of rotatable bonds is 5. The van der Waals surface area contributed by atoms with Gasteiger partial charge in [0.15, 0.2) is 0 Å². The van der Waals surface area contributed by atoms with Crippen LogP contribution in [0.25, 0.3) is 0 Å². The van der Waals surface area contributed by atoms with E-state index >= 15 is 0 Å². The quantitative estimate of drug-likeness (QED) is 0.831. The summed E-state index contributed by atoms with van der Waals surface area (Å²) in [6.45, 7) is 6.77. The van der Waals surface area contributed by atoms with Crippen molar-refractivity contribution in [1.82, 2.24) is 5.32 Å². The van der Waals surface area contributed by atoms with Crippen molar-refractivity contribution in [2.45, 2.75) is 27.3 Å². The van der Waals surface area contributed by atoms with E-state index in [2.05, 4.69) is 19.2 Å². The molecule has 0 atom stereocenters. The Labute approximate surface area is 138 Å². The van der Waals surface area contributed by atoms with Gasteiger partial charge in [-0.3, -0.25) is 4.90 Å². The van der Waals surface area contributed by atoms with Crippen molar-refractivity contribution in [2.24, 2.45) is 5.92 Å². The number of benzene rings is 2. The second kappa shape index (κ2) is 8.18.